The first kappa shape index (κ1) is 14.4. The Morgan fingerprint density at radius 3 is 2.84 bits per heavy atom. The maximum Gasteiger partial charge on any atom is 0.267 e. The van der Waals surface area contributed by atoms with Crippen LogP contribution in [0.1, 0.15) is 27.3 Å². The van der Waals surface area contributed by atoms with Crippen molar-refractivity contribution >= 4 is 39.7 Å². The molecular formula is C13H13IN2O2S. The van der Waals surface area contributed by atoms with Gasteiger partial charge in [0.25, 0.3) is 5.56 Å². The Balaban J connectivity index is 2.29. The van der Waals surface area contributed by atoms with Crippen LogP contribution in [0, 0.1) is 10.5 Å². The van der Waals surface area contributed by atoms with Crippen LogP contribution >= 0.6 is 33.9 Å². The van der Waals surface area contributed by atoms with Crippen LogP contribution in [0.15, 0.2) is 23.1 Å². The number of ketones is 1. The summed E-state index contributed by atoms with van der Waals surface area (Å²) in [6, 6.07) is 3.79. The van der Waals surface area contributed by atoms with E-state index in [1.807, 2.05) is 34.7 Å². The monoisotopic (exact) mass is 388 g/mol. The van der Waals surface area contributed by atoms with E-state index in [0.717, 1.165) is 6.42 Å². The lowest BCUT2D eigenvalue weighted by Crippen LogP contribution is -2.28. The number of nitrogens with zero attached hydrogens (tertiary/aromatic N) is 2. The summed E-state index contributed by atoms with van der Waals surface area (Å²) in [5.41, 5.74) is -0.159. The van der Waals surface area contributed by atoms with Crippen LogP contribution in [0.2, 0.25) is 0 Å². The summed E-state index contributed by atoms with van der Waals surface area (Å²) in [6.07, 6.45) is 2.45. The van der Waals surface area contributed by atoms with Gasteiger partial charge in [-0.2, -0.15) is 0 Å². The number of aromatic nitrogens is 2. The Morgan fingerprint density at radius 1 is 1.47 bits per heavy atom. The third-order valence-corrected chi connectivity index (χ3v) is 4.80. The van der Waals surface area contributed by atoms with Gasteiger partial charge in [0.1, 0.15) is 5.82 Å². The summed E-state index contributed by atoms with van der Waals surface area (Å²) in [6.45, 7) is 3.84. The molecule has 100 valence electrons. The van der Waals surface area contributed by atoms with E-state index in [0.29, 0.717) is 14.3 Å². The van der Waals surface area contributed by atoms with Gasteiger partial charge < -0.3 is 0 Å². The van der Waals surface area contributed by atoms with Gasteiger partial charge in [-0.1, -0.05) is 6.92 Å². The van der Waals surface area contributed by atoms with Crippen LogP contribution in [0.25, 0.3) is 0 Å². The van der Waals surface area contributed by atoms with Crippen molar-refractivity contribution in [2.45, 2.75) is 26.8 Å². The van der Waals surface area contributed by atoms with Gasteiger partial charge in [-0.3, -0.25) is 14.2 Å². The number of hydrogen-bond acceptors (Lipinski definition) is 4. The van der Waals surface area contributed by atoms with Gasteiger partial charge in [0, 0.05) is 11.1 Å². The zero-order valence-corrected chi connectivity index (χ0v) is 13.6. The molecule has 4 nitrogen and oxygen atoms in total. The molecule has 0 atom stereocenters. The summed E-state index contributed by atoms with van der Waals surface area (Å²) >= 11 is 3.42. The molecule has 0 saturated heterocycles. The Hall–Kier alpha value is -1.02. The molecule has 0 saturated carbocycles. The molecule has 19 heavy (non-hydrogen) atoms. The molecule has 2 aromatic heterocycles. The van der Waals surface area contributed by atoms with Gasteiger partial charge in [-0.05, 0) is 48.1 Å². The van der Waals surface area contributed by atoms with E-state index in [1.54, 1.807) is 6.92 Å². The van der Waals surface area contributed by atoms with Crippen LogP contribution in [-0.2, 0) is 13.0 Å². The number of carbonyl (C=O) groups excluding carboxylic acids is 1. The first-order valence-corrected chi connectivity index (χ1v) is 7.76. The van der Waals surface area contributed by atoms with Crippen LogP contribution in [0.3, 0.4) is 0 Å². The van der Waals surface area contributed by atoms with E-state index < -0.39 is 0 Å². The van der Waals surface area contributed by atoms with Gasteiger partial charge in [0.2, 0.25) is 0 Å². The molecule has 2 heterocycles. The fourth-order valence-corrected chi connectivity index (χ4v) is 2.98. The normalized spacial score (nSPS) is 10.7. The Morgan fingerprint density at radius 2 is 2.21 bits per heavy atom. The van der Waals surface area contributed by atoms with Crippen LogP contribution in [0.4, 0.5) is 0 Å². The van der Waals surface area contributed by atoms with E-state index in [1.165, 1.54) is 27.0 Å². The number of Topliss-reactive ketones (excluding diaryl/α,β-unsaturated/α-hetero) is 1. The number of aryl methyl sites for hydroxylation is 2. The molecule has 0 aliphatic carbocycles. The second kappa shape index (κ2) is 5.96. The van der Waals surface area contributed by atoms with E-state index in [4.69, 9.17) is 0 Å². The second-order valence-electron chi connectivity index (χ2n) is 4.09. The fraction of sp³-hybridized carbons (Fsp3) is 0.308. The Labute approximate surface area is 128 Å². The lowest BCUT2D eigenvalue weighted by molar-refractivity contribution is 0.0973. The molecule has 0 aromatic carbocycles. The minimum Gasteiger partial charge on any atom is -0.291 e. The van der Waals surface area contributed by atoms with Crippen molar-refractivity contribution in [2.75, 3.05) is 0 Å². The smallest absolute Gasteiger partial charge is 0.267 e. The van der Waals surface area contributed by atoms with Gasteiger partial charge >= 0.3 is 0 Å². The molecule has 0 aliphatic rings. The van der Waals surface area contributed by atoms with Gasteiger partial charge in [-0.25, -0.2) is 4.98 Å². The minimum atomic E-state index is -0.159. The average Bonchev–Trinajstić information content (AvgIpc) is 2.88. The van der Waals surface area contributed by atoms with Crippen molar-refractivity contribution < 1.29 is 4.79 Å². The Bertz CT molecular complexity index is 676. The van der Waals surface area contributed by atoms with E-state index >= 15 is 0 Å². The van der Waals surface area contributed by atoms with Crippen LogP contribution in [0.5, 0.6) is 0 Å². The van der Waals surface area contributed by atoms with Crippen molar-refractivity contribution in [3.63, 3.8) is 0 Å². The lowest BCUT2D eigenvalue weighted by atomic mass is 10.3. The standard InChI is InChI=1S/C13H13IN2O2S/c1-3-9-4-5-12(19-9)11(17)7-16-8(2)15-6-10(14)13(16)18/h4-6H,3,7H2,1-2H3. The van der Waals surface area contributed by atoms with Crippen LogP contribution in [-0.4, -0.2) is 15.3 Å². The molecule has 0 fully saturated rings. The number of hydrogen-bond donors (Lipinski definition) is 0. The quantitative estimate of drug-likeness (QED) is 0.598. The van der Waals surface area contributed by atoms with Crippen LogP contribution < -0.4 is 5.56 Å². The van der Waals surface area contributed by atoms with Crippen molar-refractivity contribution in [1.29, 1.82) is 0 Å². The summed E-state index contributed by atoms with van der Waals surface area (Å²) in [7, 11) is 0. The Kier molecular flexibility index (Phi) is 4.51. The lowest BCUT2D eigenvalue weighted by Gasteiger charge is -2.07. The first-order valence-electron chi connectivity index (χ1n) is 5.86. The average molecular weight is 388 g/mol. The number of rotatable bonds is 4. The van der Waals surface area contributed by atoms with Crippen molar-refractivity contribution in [2.24, 2.45) is 0 Å². The maximum absolute atomic E-state index is 12.2. The molecule has 0 spiro atoms. The zero-order valence-electron chi connectivity index (χ0n) is 10.6. The van der Waals surface area contributed by atoms with Gasteiger partial charge in [0.05, 0.1) is 15.0 Å². The summed E-state index contributed by atoms with van der Waals surface area (Å²) in [5.74, 6) is 0.518. The van der Waals surface area contributed by atoms with Crippen molar-refractivity contribution in [3.05, 3.63) is 47.8 Å². The summed E-state index contributed by atoms with van der Waals surface area (Å²) in [5, 5.41) is 0. The highest BCUT2D eigenvalue weighted by molar-refractivity contribution is 14.1. The van der Waals surface area contributed by atoms with E-state index in [-0.39, 0.29) is 17.9 Å². The van der Waals surface area contributed by atoms with Crippen molar-refractivity contribution in [3.8, 4) is 0 Å². The predicted molar refractivity (Wildman–Crippen MR) is 84.0 cm³/mol. The number of carbonyl (C=O) groups is 1. The molecule has 0 aliphatic heterocycles. The predicted octanol–water partition coefficient (Wildman–Crippen LogP) is 2.66. The largest absolute Gasteiger partial charge is 0.291 e. The highest BCUT2D eigenvalue weighted by Gasteiger charge is 2.13. The number of thiophene rings is 1. The molecule has 0 N–H and O–H groups in total. The second-order valence-corrected chi connectivity index (χ2v) is 6.42. The van der Waals surface area contributed by atoms with Crippen molar-refractivity contribution in [1.82, 2.24) is 9.55 Å². The minimum absolute atomic E-state index is 0.0429. The molecule has 0 bridgehead atoms. The SMILES string of the molecule is CCc1ccc(C(=O)Cn2c(C)ncc(I)c2=O)s1. The fourth-order valence-electron chi connectivity index (χ4n) is 1.68. The highest BCUT2D eigenvalue weighted by atomic mass is 127. The van der Waals surface area contributed by atoms with E-state index in [2.05, 4.69) is 11.9 Å². The zero-order chi connectivity index (χ0) is 14.0. The highest BCUT2D eigenvalue weighted by Crippen LogP contribution is 2.18. The molecule has 0 amide bonds. The molecular weight excluding hydrogens is 375 g/mol. The third kappa shape index (κ3) is 3.11. The number of halogens is 1. The first-order chi connectivity index (χ1) is 9.02. The third-order valence-electron chi connectivity index (χ3n) is 2.79. The summed E-state index contributed by atoms with van der Waals surface area (Å²) < 4.78 is 1.95. The molecule has 6 heteroatoms. The van der Waals surface area contributed by atoms with E-state index in [9.17, 15) is 9.59 Å². The molecule has 0 unspecified atom stereocenters. The van der Waals surface area contributed by atoms with Gasteiger partial charge in [0.15, 0.2) is 5.78 Å². The van der Waals surface area contributed by atoms with Gasteiger partial charge in [-0.15, -0.1) is 11.3 Å². The molecule has 2 rings (SSSR count). The molecule has 0 radical (unpaired) electrons. The topological polar surface area (TPSA) is 52.0 Å². The maximum atomic E-state index is 12.2. The molecule has 2 aromatic rings. The summed E-state index contributed by atoms with van der Waals surface area (Å²) in [4.78, 5) is 30.1.